The van der Waals surface area contributed by atoms with Gasteiger partial charge in [-0.2, -0.15) is 5.10 Å². The topological polar surface area (TPSA) is 74.6 Å². The van der Waals surface area contributed by atoms with E-state index in [0.717, 1.165) is 31.2 Å². The molecule has 1 saturated carbocycles. The zero-order chi connectivity index (χ0) is 9.26. The van der Waals surface area contributed by atoms with Crippen LogP contribution < -0.4 is 5.73 Å². The van der Waals surface area contributed by atoms with E-state index in [0.29, 0.717) is 5.82 Å². The standard InChI is InChI=1S/C9H14N3O/c10-9-7(5-11-12-9)6-3-1-2-4-8(6)13/h5-6,8H,1-4H2,(H3,10,11,12). The summed E-state index contributed by atoms with van der Waals surface area (Å²) in [4.78, 5) is 0. The first-order valence-electron chi connectivity index (χ1n) is 4.74. The number of anilines is 1. The number of nitrogens with two attached hydrogens (primary N) is 1. The Morgan fingerprint density at radius 3 is 2.85 bits per heavy atom. The van der Waals surface area contributed by atoms with E-state index in [4.69, 9.17) is 5.73 Å². The Morgan fingerprint density at radius 1 is 1.46 bits per heavy atom. The highest BCUT2D eigenvalue weighted by Gasteiger charge is 2.28. The lowest BCUT2D eigenvalue weighted by molar-refractivity contribution is 0.0375. The molecule has 2 atom stereocenters. The lowest BCUT2D eigenvalue weighted by atomic mass is 9.82. The summed E-state index contributed by atoms with van der Waals surface area (Å²) in [6, 6.07) is 0. The molecule has 1 radical (unpaired) electrons. The Kier molecular flexibility index (Phi) is 2.22. The van der Waals surface area contributed by atoms with Crippen LogP contribution in [0.1, 0.15) is 37.2 Å². The van der Waals surface area contributed by atoms with E-state index in [9.17, 15) is 5.11 Å². The second-order valence-corrected chi connectivity index (χ2v) is 3.66. The first kappa shape index (κ1) is 8.56. The number of H-pyrrole nitrogens is 1. The van der Waals surface area contributed by atoms with Gasteiger partial charge in [-0.15, -0.1) is 0 Å². The van der Waals surface area contributed by atoms with Crippen molar-refractivity contribution in [3.63, 3.8) is 0 Å². The number of nitrogen functional groups attached to an aromatic ring is 1. The number of aromatic amines is 1. The SMILES string of the molecule is Nc1n[nH]cc1C1CCCCC1[O]. The fraction of sp³-hybridized carbons (Fsp3) is 0.667. The second-order valence-electron chi connectivity index (χ2n) is 3.66. The fourth-order valence-electron chi connectivity index (χ4n) is 2.06. The molecule has 0 bridgehead atoms. The van der Waals surface area contributed by atoms with Crippen molar-refractivity contribution in [3.05, 3.63) is 11.8 Å². The van der Waals surface area contributed by atoms with Gasteiger partial charge in [-0.3, -0.25) is 5.10 Å². The number of hydrogen-bond acceptors (Lipinski definition) is 2. The van der Waals surface area contributed by atoms with Gasteiger partial charge in [0, 0.05) is 17.7 Å². The normalized spacial score (nSPS) is 29.0. The Bertz CT molecular complexity index is 284. The van der Waals surface area contributed by atoms with Gasteiger partial charge < -0.3 is 5.73 Å². The Balaban J connectivity index is 2.19. The smallest absolute Gasteiger partial charge is 0.148 e. The van der Waals surface area contributed by atoms with Crippen LogP contribution in [0.2, 0.25) is 0 Å². The van der Waals surface area contributed by atoms with Crippen molar-refractivity contribution in [2.45, 2.75) is 37.7 Å². The summed E-state index contributed by atoms with van der Waals surface area (Å²) < 4.78 is 0. The Labute approximate surface area is 77.1 Å². The first-order chi connectivity index (χ1) is 6.29. The average molecular weight is 180 g/mol. The molecule has 2 unspecified atom stereocenters. The maximum atomic E-state index is 11.6. The molecular formula is C9H14N3O. The molecule has 0 amide bonds. The molecule has 0 saturated heterocycles. The summed E-state index contributed by atoms with van der Waals surface area (Å²) in [5.74, 6) is 0.570. The molecular weight excluding hydrogens is 166 g/mol. The minimum absolute atomic E-state index is 0.0764. The number of aromatic nitrogens is 2. The van der Waals surface area contributed by atoms with Gasteiger partial charge >= 0.3 is 0 Å². The van der Waals surface area contributed by atoms with Crippen LogP contribution in [0.5, 0.6) is 0 Å². The van der Waals surface area contributed by atoms with Crippen LogP contribution in [0.4, 0.5) is 5.82 Å². The monoisotopic (exact) mass is 180 g/mol. The molecule has 0 aliphatic heterocycles. The predicted octanol–water partition coefficient (Wildman–Crippen LogP) is 1.45. The molecule has 1 heterocycles. The van der Waals surface area contributed by atoms with Gasteiger partial charge in [0.2, 0.25) is 0 Å². The van der Waals surface area contributed by atoms with E-state index in [1.165, 1.54) is 0 Å². The third-order valence-electron chi connectivity index (χ3n) is 2.80. The van der Waals surface area contributed by atoms with Crippen LogP contribution >= 0.6 is 0 Å². The van der Waals surface area contributed by atoms with Gasteiger partial charge in [-0.25, -0.2) is 5.11 Å². The molecule has 4 nitrogen and oxygen atoms in total. The van der Waals surface area contributed by atoms with Crippen molar-refractivity contribution in [3.8, 4) is 0 Å². The Hall–Kier alpha value is -1.03. The summed E-state index contributed by atoms with van der Waals surface area (Å²) in [7, 11) is 0. The highest BCUT2D eigenvalue weighted by Crippen LogP contribution is 2.35. The van der Waals surface area contributed by atoms with E-state index in [1.807, 2.05) is 0 Å². The lowest BCUT2D eigenvalue weighted by Gasteiger charge is -2.25. The number of nitrogens with zero attached hydrogens (tertiary/aromatic N) is 1. The van der Waals surface area contributed by atoms with E-state index in [1.54, 1.807) is 6.20 Å². The summed E-state index contributed by atoms with van der Waals surface area (Å²) in [5.41, 5.74) is 6.57. The summed E-state index contributed by atoms with van der Waals surface area (Å²) in [6.07, 6.45) is 5.19. The Morgan fingerprint density at radius 2 is 2.23 bits per heavy atom. The molecule has 0 spiro atoms. The minimum Gasteiger partial charge on any atom is -0.382 e. The van der Waals surface area contributed by atoms with Gasteiger partial charge in [-0.1, -0.05) is 12.8 Å². The summed E-state index contributed by atoms with van der Waals surface area (Å²) in [5, 5.41) is 18.2. The molecule has 3 N–H and O–H groups in total. The van der Waals surface area contributed by atoms with Gasteiger partial charge in [0.05, 0.1) is 6.10 Å². The van der Waals surface area contributed by atoms with E-state index < -0.39 is 6.10 Å². The third kappa shape index (κ3) is 1.54. The number of rotatable bonds is 1. The average Bonchev–Trinajstić information content (AvgIpc) is 2.52. The highest BCUT2D eigenvalue weighted by atomic mass is 16.3. The van der Waals surface area contributed by atoms with E-state index >= 15 is 0 Å². The molecule has 1 aromatic heterocycles. The van der Waals surface area contributed by atoms with Crippen molar-refractivity contribution in [2.24, 2.45) is 0 Å². The van der Waals surface area contributed by atoms with Gasteiger partial charge in [0.15, 0.2) is 0 Å². The molecule has 1 aromatic rings. The van der Waals surface area contributed by atoms with Crippen LogP contribution in [0.3, 0.4) is 0 Å². The lowest BCUT2D eigenvalue weighted by Crippen LogP contribution is -2.21. The van der Waals surface area contributed by atoms with Crippen LogP contribution in [-0.2, 0) is 5.11 Å². The van der Waals surface area contributed by atoms with Crippen molar-refractivity contribution >= 4 is 5.82 Å². The maximum absolute atomic E-state index is 11.6. The summed E-state index contributed by atoms with van der Waals surface area (Å²) in [6.45, 7) is 0. The molecule has 2 rings (SSSR count). The highest BCUT2D eigenvalue weighted by molar-refractivity contribution is 5.40. The molecule has 4 heteroatoms. The molecule has 71 valence electrons. The fourth-order valence-corrected chi connectivity index (χ4v) is 2.06. The molecule has 1 aliphatic carbocycles. The third-order valence-corrected chi connectivity index (χ3v) is 2.80. The number of hydrogen-bond donors (Lipinski definition) is 2. The largest absolute Gasteiger partial charge is 0.382 e. The van der Waals surface area contributed by atoms with Crippen molar-refractivity contribution in [2.75, 3.05) is 5.73 Å². The quantitative estimate of drug-likeness (QED) is 0.686. The van der Waals surface area contributed by atoms with Crippen LogP contribution in [0, 0.1) is 0 Å². The molecule has 13 heavy (non-hydrogen) atoms. The molecule has 0 aromatic carbocycles. The first-order valence-corrected chi connectivity index (χ1v) is 4.74. The van der Waals surface area contributed by atoms with Gasteiger partial charge in [0.25, 0.3) is 0 Å². The van der Waals surface area contributed by atoms with E-state index in [2.05, 4.69) is 10.2 Å². The zero-order valence-corrected chi connectivity index (χ0v) is 7.49. The van der Waals surface area contributed by atoms with Gasteiger partial charge in [-0.05, 0) is 12.8 Å². The van der Waals surface area contributed by atoms with Crippen LogP contribution in [0.25, 0.3) is 0 Å². The van der Waals surface area contributed by atoms with Crippen molar-refractivity contribution < 1.29 is 5.11 Å². The molecule has 1 aliphatic rings. The van der Waals surface area contributed by atoms with Crippen LogP contribution in [0.15, 0.2) is 6.20 Å². The minimum atomic E-state index is -0.492. The summed E-state index contributed by atoms with van der Waals surface area (Å²) >= 11 is 0. The zero-order valence-electron chi connectivity index (χ0n) is 7.49. The van der Waals surface area contributed by atoms with Crippen molar-refractivity contribution in [1.29, 1.82) is 0 Å². The predicted molar refractivity (Wildman–Crippen MR) is 48.7 cm³/mol. The van der Waals surface area contributed by atoms with E-state index in [-0.39, 0.29) is 5.92 Å². The van der Waals surface area contributed by atoms with Gasteiger partial charge in [0.1, 0.15) is 5.82 Å². The molecule has 1 fully saturated rings. The number of nitrogens with one attached hydrogen (secondary N) is 1. The van der Waals surface area contributed by atoms with Crippen LogP contribution in [-0.4, -0.2) is 16.3 Å². The van der Waals surface area contributed by atoms with Crippen molar-refractivity contribution in [1.82, 2.24) is 10.2 Å². The maximum Gasteiger partial charge on any atom is 0.148 e. The second kappa shape index (κ2) is 3.38.